The van der Waals surface area contributed by atoms with Gasteiger partial charge in [-0.3, -0.25) is 13.9 Å². The zero-order valence-corrected chi connectivity index (χ0v) is 20.1. The number of benzene rings is 2. The average Bonchev–Trinajstić information content (AvgIpc) is 3.23. The molecule has 1 N–H and O–H groups in total. The van der Waals surface area contributed by atoms with Crippen LogP contribution in [0.2, 0.25) is 5.02 Å². The topological polar surface area (TPSA) is 105 Å². The molecule has 0 fully saturated rings. The van der Waals surface area contributed by atoms with Crippen molar-refractivity contribution < 1.29 is 27.5 Å². The third-order valence-electron chi connectivity index (χ3n) is 5.14. The predicted molar refractivity (Wildman–Crippen MR) is 125 cm³/mol. The summed E-state index contributed by atoms with van der Waals surface area (Å²) in [6, 6.07) is 10.7. The number of nitrogens with one attached hydrogen (secondary N) is 1. The summed E-state index contributed by atoms with van der Waals surface area (Å²) in [5, 5.41) is 3.14. The second kappa shape index (κ2) is 10.3. The number of ether oxygens (including phenoxy) is 2. The second-order valence-corrected chi connectivity index (χ2v) is 9.80. The monoisotopic (exact) mass is 495 g/mol. The number of hydrogen-bond donors (Lipinski definition) is 1. The Balaban J connectivity index is 1.92. The van der Waals surface area contributed by atoms with Crippen molar-refractivity contribution in [3.8, 4) is 11.5 Å². The van der Waals surface area contributed by atoms with Crippen molar-refractivity contribution in [2.45, 2.75) is 26.4 Å². The number of rotatable bonds is 9. The fourth-order valence-corrected chi connectivity index (χ4v) is 4.41. The highest BCUT2D eigenvalue weighted by Crippen LogP contribution is 2.36. The molecular weight excluding hydrogens is 470 g/mol. The molecule has 1 heterocycles. The Morgan fingerprint density at radius 2 is 1.85 bits per heavy atom. The summed E-state index contributed by atoms with van der Waals surface area (Å²) in [6.07, 6.45) is 1.01. The Morgan fingerprint density at radius 1 is 1.15 bits per heavy atom. The molecule has 2 aromatic rings. The minimum Gasteiger partial charge on any atom is -0.454 e. The van der Waals surface area contributed by atoms with Gasteiger partial charge in [-0.2, -0.15) is 0 Å². The Labute approximate surface area is 198 Å². The third-order valence-corrected chi connectivity index (χ3v) is 6.65. The molecule has 0 bridgehead atoms. The molecule has 0 saturated carbocycles. The van der Waals surface area contributed by atoms with Gasteiger partial charge in [-0.05, 0) is 37.6 Å². The number of hydrogen-bond acceptors (Lipinski definition) is 6. The van der Waals surface area contributed by atoms with Gasteiger partial charge in [0.1, 0.15) is 12.6 Å². The van der Waals surface area contributed by atoms with Crippen molar-refractivity contribution >= 4 is 39.1 Å². The van der Waals surface area contributed by atoms with E-state index in [0.29, 0.717) is 28.6 Å². The van der Waals surface area contributed by atoms with Crippen LogP contribution in [0.5, 0.6) is 11.5 Å². The van der Waals surface area contributed by atoms with E-state index in [1.807, 2.05) is 0 Å². The lowest BCUT2D eigenvalue weighted by molar-refractivity contribution is -0.139. The molecule has 11 heteroatoms. The van der Waals surface area contributed by atoms with Gasteiger partial charge in [0.15, 0.2) is 11.5 Å². The summed E-state index contributed by atoms with van der Waals surface area (Å²) in [6.45, 7) is 3.32. The first-order chi connectivity index (χ1) is 15.6. The molecule has 0 spiro atoms. The molecule has 0 saturated heterocycles. The van der Waals surface area contributed by atoms with E-state index in [1.165, 1.54) is 17.0 Å². The van der Waals surface area contributed by atoms with Crippen LogP contribution in [0.25, 0.3) is 0 Å². The first-order valence-electron chi connectivity index (χ1n) is 10.3. The molecule has 2 aromatic carbocycles. The van der Waals surface area contributed by atoms with Crippen molar-refractivity contribution in [1.82, 2.24) is 10.2 Å². The number of halogens is 1. The molecule has 0 radical (unpaired) electrons. The molecule has 33 heavy (non-hydrogen) atoms. The van der Waals surface area contributed by atoms with Gasteiger partial charge in [0.25, 0.3) is 0 Å². The summed E-state index contributed by atoms with van der Waals surface area (Å²) in [5.74, 6) is -0.0374. The number of carbonyl (C=O) groups is 2. The molecule has 0 unspecified atom stereocenters. The maximum atomic E-state index is 13.4. The largest absolute Gasteiger partial charge is 0.454 e. The van der Waals surface area contributed by atoms with E-state index in [1.54, 1.807) is 44.2 Å². The molecule has 2 amide bonds. The molecule has 9 nitrogen and oxygen atoms in total. The summed E-state index contributed by atoms with van der Waals surface area (Å²) in [4.78, 5) is 27.3. The summed E-state index contributed by atoms with van der Waals surface area (Å²) >= 11 is 6.28. The van der Waals surface area contributed by atoms with E-state index in [9.17, 15) is 18.0 Å². The normalized spacial score (nSPS) is 13.3. The molecule has 1 atom stereocenters. The number of fused-ring (bicyclic) bond motifs is 1. The number of amides is 2. The van der Waals surface area contributed by atoms with Crippen LogP contribution in [0.15, 0.2) is 42.5 Å². The van der Waals surface area contributed by atoms with Gasteiger partial charge in [0, 0.05) is 24.2 Å². The van der Waals surface area contributed by atoms with Crippen LogP contribution in [-0.4, -0.2) is 57.3 Å². The van der Waals surface area contributed by atoms with E-state index >= 15 is 0 Å². The maximum Gasteiger partial charge on any atom is 0.244 e. The molecule has 1 aliphatic heterocycles. The zero-order valence-electron chi connectivity index (χ0n) is 18.6. The van der Waals surface area contributed by atoms with Gasteiger partial charge in [-0.1, -0.05) is 29.8 Å². The van der Waals surface area contributed by atoms with Gasteiger partial charge < -0.3 is 19.7 Å². The van der Waals surface area contributed by atoms with Crippen LogP contribution in [0, 0.1) is 0 Å². The summed E-state index contributed by atoms with van der Waals surface area (Å²) in [7, 11) is -3.84. The maximum absolute atomic E-state index is 13.4. The number of carbonyl (C=O) groups excluding carboxylic acids is 2. The third kappa shape index (κ3) is 5.88. The minimum absolute atomic E-state index is 0.0340. The molecule has 178 valence electrons. The van der Waals surface area contributed by atoms with E-state index in [0.717, 1.165) is 10.6 Å². The highest BCUT2D eigenvalue weighted by Gasteiger charge is 2.31. The molecule has 3 rings (SSSR count). The first-order valence-corrected chi connectivity index (χ1v) is 12.5. The van der Waals surface area contributed by atoms with Gasteiger partial charge >= 0.3 is 0 Å². The van der Waals surface area contributed by atoms with Crippen molar-refractivity contribution in [1.29, 1.82) is 0 Å². The van der Waals surface area contributed by atoms with Crippen LogP contribution in [0.1, 0.15) is 19.4 Å². The van der Waals surface area contributed by atoms with Gasteiger partial charge in [-0.15, -0.1) is 0 Å². The lowest BCUT2D eigenvalue weighted by atomic mass is 10.1. The fraction of sp³-hybridized carbons (Fsp3) is 0.364. The van der Waals surface area contributed by atoms with Crippen LogP contribution in [-0.2, 0) is 26.2 Å². The van der Waals surface area contributed by atoms with Gasteiger partial charge in [0.2, 0.25) is 28.6 Å². The van der Waals surface area contributed by atoms with Gasteiger partial charge in [0.05, 0.1) is 11.9 Å². The highest BCUT2D eigenvalue weighted by molar-refractivity contribution is 7.92. The SMILES string of the molecule is CCNC(=O)[C@@H](C)N(Cc1ccccc1Cl)C(=O)CN(c1ccc2c(c1)OCO2)S(C)(=O)=O. The zero-order chi connectivity index (χ0) is 24.2. The van der Waals surface area contributed by atoms with Gasteiger partial charge in [-0.25, -0.2) is 8.42 Å². The Hall–Kier alpha value is -2.98. The lowest BCUT2D eigenvalue weighted by Crippen LogP contribution is -2.51. The fourth-order valence-electron chi connectivity index (χ4n) is 3.37. The van der Waals surface area contributed by atoms with Crippen molar-refractivity contribution in [2.75, 3.05) is 30.4 Å². The quantitative estimate of drug-likeness (QED) is 0.572. The second-order valence-electron chi connectivity index (χ2n) is 7.49. The van der Waals surface area contributed by atoms with Crippen LogP contribution >= 0.6 is 11.6 Å². The lowest BCUT2D eigenvalue weighted by Gasteiger charge is -2.31. The van der Waals surface area contributed by atoms with E-state index < -0.39 is 28.5 Å². The van der Waals surface area contributed by atoms with Crippen LogP contribution in [0.3, 0.4) is 0 Å². The number of likely N-dealkylation sites (N-methyl/N-ethyl adjacent to an activating group) is 1. The van der Waals surface area contributed by atoms with Crippen LogP contribution < -0.4 is 19.1 Å². The standard InChI is InChI=1S/C22H26ClN3O6S/c1-4-24-22(28)15(2)25(12-16-7-5-6-8-18(16)23)21(27)13-26(33(3,29)30)17-9-10-19-20(11-17)32-14-31-19/h5-11,15H,4,12-14H2,1-3H3,(H,24,28)/t15-/m1/s1. The first kappa shape index (κ1) is 24.7. The Bertz CT molecular complexity index is 1140. The Kier molecular flexibility index (Phi) is 7.70. The number of sulfonamides is 1. The smallest absolute Gasteiger partial charge is 0.244 e. The Morgan fingerprint density at radius 3 is 2.52 bits per heavy atom. The molecule has 0 aromatic heterocycles. The van der Waals surface area contributed by atoms with E-state index in [2.05, 4.69) is 5.32 Å². The summed E-state index contributed by atoms with van der Waals surface area (Å²) in [5.41, 5.74) is 0.885. The van der Waals surface area contributed by atoms with E-state index in [-0.39, 0.29) is 24.9 Å². The summed E-state index contributed by atoms with van der Waals surface area (Å²) < 4.78 is 36.8. The van der Waals surface area contributed by atoms with Crippen molar-refractivity contribution in [2.24, 2.45) is 0 Å². The molecule has 1 aliphatic rings. The predicted octanol–water partition coefficient (Wildman–Crippen LogP) is 2.39. The number of nitrogens with zero attached hydrogens (tertiary/aromatic N) is 2. The molecular formula is C22H26ClN3O6S. The van der Waals surface area contributed by atoms with Crippen LogP contribution in [0.4, 0.5) is 5.69 Å². The van der Waals surface area contributed by atoms with E-state index in [4.69, 9.17) is 21.1 Å². The highest BCUT2D eigenvalue weighted by atomic mass is 35.5. The average molecular weight is 496 g/mol. The van der Waals surface area contributed by atoms with Crippen molar-refractivity contribution in [3.05, 3.63) is 53.1 Å². The van der Waals surface area contributed by atoms with Crippen molar-refractivity contribution in [3.63, 3.8) is 0 Å². The number of anilines is 1. The minimum atomic E-state index is -3.84. The molecule has 0 aliphatic carbocycles.